The summed E-state index contributed by atoms with van der Waals surface area (Å²) in [5.41, 5.74) is 0.909. The van der Waals surface area contributed by atoms with Crippen molar-refractivity contribution in [3.8, 4) is 0 Å². The third kappa shape index (κ3) is 2.59. The summed E-state index contributed by atoms with van der Waals surface area (Å²) < 4.78 is 5.77. The number of hydrogen-bond donors (Lipinski definition) is 1. The minimum absolute atomic E-state index is 0.0250. The Kier molecular flexibility index (Phi) is 3.43. The maximum atomic E-state index is 10.6. The van der Waals surface area contributed by atoms with E-state index >= 15 is 0 Å². The first-order valence-electron chi connectivity index (χ1n) is 6.45. The number of nitrogens with one attached hydrogen (secondary N) is 1. The van der Waals surface area contributed by atoms with Crippen LogP contribution in [0.15, 0.2) is 18.2 Å². The van der Waals surface area contributed by atoms with Crippen LogP contribution in [0.5, 0.6) is 0 Å². The first-order valence-corrected chi connectivity index (χ1v) is 6.83. The van der Waals surface area contributed by atoms with E-state index in [1.807, 2.05) is 0 Å². The minimum atomic E-state index is -0.438. The Labute approximate surface area is 116 Å². The van der Waals surface area contributed by atoms with E-state index in [1.165, 1.54) is 18.6 Å². The normalized spacial score (nSPS) is 28.8. The molecule has 2 aliphatic rings. The molecule has 5 nitrogen and oxygen atoms in total. The van der Waals surface area contributed by atoms with Gasteiger partial charge in [0.15, 0.2) is 0 Å². The highest BCUT2D eigenvalue weighted by molar-refractivity contribution is 6.31. The molecule has 2 fully saturated rings. The zero-order valence-corrected chi connectivity index (χ0v) is 11.1. The van der Waals surface area contributed by atoms with Gasteiger partial charge < -0.3 is 10.1 Å². The number of hydrogen-bond acceptors (Lipinski definition) is 4. The van der Waals surface area contributed by atoms with E-state index in [0.717, 1.165) is 18.4 Å². The predicted molar refractivity (Wildman–Crippen MR) is 71.2 cm³/mol. The van der Waals surface area contributed by atoms with Gasteiger partial charge in [-0.1, -0.05) is 11.6 Å². The molecule has 0 aliphatic carbocycles. The molecule has 1 N–H and O–H groups in total. The summed E-state index contributed by atoms with van der Waals surface area (Å²) in [5, 5.41) is 14.5. The lowest BCUT2D eigenvalue weighted by Gasteiger charge is -2.20. The first kappa shape index (κ1) is 12.8. The number of non-ortho nitro benzene ring substituents is 1. The van der Waals surface area contributed by atoms with Crippen LogP contribution in [-0.4, -0.2) is 23.2 Å². The molecule has 0 amide bonds. The van der Waals surface area contributed by atoms with Crippen molar-refractivity contribution in [1.29, 1.82) is 0 Å². The molecule has 6 heteroatoms. The number of rotatable bonds is 4. The molecule has 19 heavy (non-hydrogen) atoms. The Morgan fingerprint density at radius 2 is 2.32 bits per heavy atom. The molecule has 2 heterocycles. The molecule has 3 unspecified atom stereocenters. The molecular formula is C13H15ClN2O3. The van der Waals surface area contributed by atoms with Gasteiger partial charge >= 0.3 is 0 Å². The number of fused-ring (bicyclic) bond motifs is 2. The van der Waals surface area contributed by atoms with Crippen LogP contribution in [0, 0.1) is 10.1 Å². The predicted octanol–water partition coefficient (Wildman–Crippen LogP) is 2.66. The van der Waals surface area contributed by atoms with E-state index in [-0.39, 0.29) is 5.69 Å². The Bertz CT molecular complexity index is 509. The highest BCUT2D eigenvalue weighted by atomic mass is 35.5. The van der Waals surface area contributed by atoms with Crippen LogP contribution in [0.2, 0.25) is 5.02 Å². The van der Waals surface area contributed by atoms with Crippen molar-refractivity contribution in [1.82, 2.24) is 5.32 Å². The van der Waals surface area contributed by atoms with E-state index in [2.05, 4.69) is 5.32 Å². The van der Waals surface area contributed by atoms with E-state index < -0.39 is 4.92 Å². The van der Waals surface area contributed by atoms with Gasteiger partial charge in [0.25, 0.3) is 5.69 Å². The topological polar surface area (TPSA) is 64.4 Å². The van der Waals surface area contributed by atoms with Crippen molar-refractivity contribution < 1.29 is 9.66 Å². The summed E-state index contributed by atoms with van der Waals surface area (Å²) in [7, 11) is 0. The van der Waals surface area contributed by atoms with E-state index in [4.69, 9.17) is 16.3 Å². The smallest absolute Gasteiger partial charge is 0.270 e. The summed E-state index contributed by atoms with van der Waals surface area (Å²) in [4.78, 5) is 10.2. The van der Waals surface area contributed by atoms with Crippen molar-refractivity contribution in [3.63, 3.8) is 0 Å². The third-order valence-electron chi connectivity index (χ3n) is 3.91. The molecule has 3 atom stereocenters. The van der Waals surface area contributed by atoms with Crippen molar-refractivity contribution >= 4 is 17.3 Å². The van der Waals surface area contributed by atoms with Crippen LogP contribution in [0.4, 0.5) is 5.69 Å². The summed E-state index contributed by atoms with van der Waals surface area (Å²) >= 11 is 6.06. The second-order valence-corrected chi connectivity index (χ2v) is 5.54. The SMILES string of the molecule is O=[N+]([O-])c1ccc(CNC2CC3CCC2O3)c(Cl)c1. The molecule has 2 bridgehead atoms. The summed E-state index contributed by atoms with van der Waals surface area (Å²) in [6.07, 6.45) is 4.07. The van der Waals surface area contributed by atoms with Gasteiger partial charge in [0.2, 0.25) is 0 Å². The molecule has 1 aromatic carbocycles. The fraction of sp³-hybridized carbons (Fsp3) is 0.538. The van der Waals surface area contributed by atoms with Crippen LogP contribution in [0.3, 0.4) is 0 Å². The Hall–Kier alpha value is -1.17. The number of nitro benzene ring substituents is 1. The molecule has 0 saturated carbocycles. The molecule has 0 aromatic heterocycles. The summed E-state index contributed by atoms with van der Waals surface area (Å²) in [6.45, 7) is 0.619. The number of benzene rings is 1. The Morgan fingerprint density at radius 3 is 2.89 bits per heavy atom. The van der Waals surface area contributed by atoms with Gasteiger partial charge in [-0.05, 0) is 30.9 Å². The largest absolute Gasteiger partial charge is 0.373 e. The monoisotopic (exact) mass is 282 g/mol. The van der Waals surface area contributed by atoms with Gasteiger partial charge in [-0.2, -0.15) is 0 Å². The molecule has 0 radical (unpaired) electrons. The second kappa shape index (κ2) is 5.07. The molecule has 102 valence electrons. The Balaban J connectivity index is 1.62. The maximum absolute atomic E-state index is 10.6. The quantitative estimate of drug-likeness (QED) is 0.681. The van der Waals surface area contributed by atoms with Crippen molar-refractivity contribution in [3.05, 3.63) is 38.9 Å². The van der Waals surface area contributed by atoms with Crippen LogP contribution in [0.25, 0.3) is 0 Å². The zero-order valence-electron chi connectivity index (χ0n) is 10.3. The number of nitrogens with zero attached hydrogens (tertiary/aromatic N) is 1. The lowest BCUT2D eigenvalue weighted by Crippen LogP contribution is -2.37. The number of ether oxygens (including phenoxy) is 1. The van der Waals surface area contributed by atoms with E-state index in [9.17, 15) is 10.1 Å². The van der Waals surface area contributed by atoms with Crippen molar-refractivity contribution in [2.45, 2.75) is 44.1 Å². The molecule has 0 spiro atoms. The maximum Gasteiger partial charge on any atom is 0.270 e. The first-order chi connectivity index (χ1) is 9.13. The number of nitro groups is 1. The second-order valence-electron chi connectivity index (χ2n) is 5.13. The van der Waals surface area contributed by atoms with Gasteiger partial charge in [-0.15, -0.1) is 0 Å². The fourth-order valence-corrected chi connectivity index (χ4v) is 3.13. The Morgan fingerprint density at radius 1 is 1.47 bits per heavy atom. The van der Waals surface area contributed by atoms with Gasteiger partial charge in [-0.25, -0.2) is 0 Å². The van der Waals surface area contributed by atoms with Crippen LogP contribution in [-0.2, 0) is 11.3 Å². The average Bonchev–Trinajstić information content (AvgIpc) is 2.99. The molecule has 3 rings (SSSR count). The van der Waals surface area contributed by atoms with Crippen LogP contribution in [0.1, 0.15) is 24.8 Å². The van der Waals surface area contributed by atoms with Crippen molar-refractivity contribution in [2.75, 3.05) is 0 Å². The lowest BCUT2D eigenvalue weighted by molar-refractivity contribution is -0.384. The highest BCUT2D eigenvalue weighted by Crippen LogP contribution is 2.34. The third-order valence-corrected chi connectivity index (χ3v) is 4.26. The van der Waals surface area contributed by atoms with Gasteiger partial charge in [0.1, 0.15) is 0 Å². The molecule has 1 aromatic rings. The number of halogens is 1. The molecular weight excluding hydrogens is 268 g/mol. The van der Waals surface area contributed by atoms with Gasteiger partial charge in [0.05, 0.1) is 22.2 Å². The van der Waals surface area contributed by atoms with Crippen LogP contribution >= 0.6 is 11.6 Å². The van der Waals surface area contributed by atoms with Gasteiger partial charge in [-0.3, -0.25) is 10.1 Å². The van der Waals surface area contributed by atoms with Gasteiger partial charge in [0, 0.05) is 24.7 Å². The summed E-state index contributed by atoms with van der Waals surface area (Å²) in [5.74, 6) is 0. The van der Waals surface area contributed by atoms with E-state index in [1.54, 1.807) is 6.07 Å². The average molecular weight is 283 g/mol. The summed E-state index contributed by atoms with van der Waals surface area (Å²) in [6, 6.07) is 4.97. The fourth-order valence-electron chi connectivity index (χ4n) is 2.89. The minimum Gasteiger partial charge on any atom is -0.373 e. The zero-order chi connectivity index (χ0) is 13.4. The van der Waals surface area contributed by atoms with Crippen molar-refractivity contribution in [2.24, 2.45) is 0 Å². The van der Waals surface area contributed by atoms with E-state index in [0.29, 0.717) is 29.8 Å². The molecule has 2 saturated heterocycles. The lowest BCUT2D eigenvalue weighted by atomic mass is 9.95. The standard InChI is InChI=1S/C13H15ClN2O3/c14-11-5-9(16(17)18)2-1-8(11)7-15-12-6-10-3-4-13(12)19-10/h1-2,5,10,12-13,15H,3-4,6-7H2. The molecule has 2 aliphatic heterocycles. The highest BCUT2D eigenvalue weighted by Gasteiger charge is 2.40. The van der Waals surface area contributed by atoms with Crippen LogP contribution < -0.4 is 5.32 Å².